The summed E-state index contributed by atoms with van der Waals surface area (Å²) in [5.74, 6) is -0.164. The van der Waals surface area contributed by atoms with Gasteiger partial charge in [-0.3, -0.25) is 9.59 Å². The van der Waals surface area contributed by atoms with Crippen LogP contribution in [0.3, 0.4) is 0 Å². The van der Waals surface area contributed by atoms with Gasteiger partial charge in [-0.05, 0) is 30.9 Å². The van der Waals surface area contributed by atoms with Crippen LogP contribution < -0.4 is 10.2 Å². The Hall–Kier alpha value is -1.84. The molecule has 0 aliphatic carbocycles. The van der Waals surface area contributed by atoms with E-state index in [0.29, 0.717) is 0 Å². The Morgan fingerprint density at radius 1 is 1.17 bits per heavy atom. The molecule has 1 heterocycles. The van der Waals surface area contributed by atoms with E-state index < -0.39 is 6.04 Å². The lowest BCUT2D eigenvalue weighted by Crippen LogP contribution is -2.37. The number of hydrogen-bond acceptors (Lipinski definition) is 2. The standard InChI is InChI=1S/C19H28N2O2/c1-4-6-8-12-21-17-11-10-15(9-7-5-2)13-16(17)18(19(21)23)20-14(3)22/h10-11,13,18H,4-9,12H2,1-3H3,(H,20,22)/t18-/m1/s1. The maximum Gasteiger partial charge on any atom is 0.254 e. The predicted molar refractivity (Wildman–Crippen MR) is 93.5 cm³/mol. The van der Waals surface area contributed by atoms with Crippen LogP contribution >= 0.6 is 0 Å². The molecule has 1 aromatic rings. The van der Waals surface area contributed by atoms with Crippen molar-refractivity contribution in [2.75, 3.05) is 11.4 Å². The summed E-state index contributed by atoms with van der Waals surface area (Å²) in [6.07, 6.45) is 6.52. The lowest BCUT2D eigenvalue weighted by Gasteiger charge is -2.18. The van der Waals surface area contributed by atoms with Gasteiger partial charge < -0.3 is 10.2 Å². The maximum absolute atomic E-state index is 12.7. The molecule has 1 N–H and O–H groups in total. The van der Waals surface area contributed by atoms with Crippen LogP contribution in [0.5, 0.6) is 0 Å². The molecule has 0 bridgehead atoms. The van der Waals surface area contributed by atoms with Crippen molar-refractivity contribution in [2.24, 2.45) is 0 Å². The van der Waals surface area contributed by atoms with Gasteiger partial charge in [-0.1, -0.05) is 45.2 Å². The van der Waals surface area contributed by atoms with Crippen LogP contribution in [-0.4, -0.2) is 18.4 Å². The van der Waals surface area contributed by atoms with E-state index in [4.69, 9.17) is 0 Å². The van der Waals surface area contributed by atoms with Crippen LogP contribution in [0.25, 0.3) is 0 Å². The van der Waals surface area contributed by atoms with E-state index in [9.17, 15) is 9.59 Å². The van der Waals surface area contributed by atoms with Gasteiger partial charge in [0.05, 0.1) is 0 Å². The highest BCUT2D eigenvalue weighted by Crippen LogP contribution is 2.37. The second-order valence-corrected chi connectivity index (χ2v) is 6.33. The van der Waals surface area contributed by atoms with Crippen molar-refractivity contribution >= 4 is 17.5 Å². The highest BCUT2D eigenvalue weighted by atomic mass is 16.2. The first-order chi connectivity index (χ1) is 11.1. The van der Waals surface area contributed by atoms with Crippen molar-refractivity contribution in [1.82, 2.24) is 5.32 Å². The third kappa shape index (κ3) is 4.12. The summed E-state index contributed by atoms with van der Waals surface area (Å²) in [6.45, 7) is 6.52. The molecule has 1 aromatic carbocycles. The molecule has 126 valence electrons. The summed E-state index contributed by atoms with van der Waals surface area (Å²) < 4.78 is 0. The second-order valence-electron chi connectivity index (χ2n) is 6.33. The van der Waals surface area contributed by atoms with E-state index in [0.717, 1.165) is 56.3 Å². The summed E-state index contributed by atoms with van der Waals surface area (Å²) in [7, 11) is 0. The van der Waals surface area contributed by atoms with Gasteiger partial charge in [-0.2, -0.15) is 0 Å². The highest BCUT2D eigenvalue weighted by Gasteiger charge is 2.37. The minimum atomic E-state index is -0.522. The lowest BCUT2D eigenvalue weighted by atomic mass is 10.0. The average Bonchev–Trinajstić information content (AvgIpc) is 2.78. The van der Waals surface area contributed by atoms with Crippen molar-refractivity contribution in [3.8, 4) is 0 Å². The number of nitrogens with one attached hydrogen (secondary N) is 1. The summed E-state index contributed by atoms with van der Waals surface area (Å²) >= 11 is 0. The fourth-order valence-electron chi connectivity index (χ4n) is 3.12. The van der Waals surface area contributed by atoms with Gasteiger partial charge in [0.15, 0.2) is 0 Å². The Labute approximate surface area is 139 Å². The first kappa shape index (κ1) is 17.5. The summed E-state index contributed by atoms with van der Waals surface area (Å²) in [6, 6.07) is 5.74. The molecule has 1 aliphatic heterocycles. The monoisotopic (exact) mass is 316 g/mol. The Kier molecular flexibility index (Phi) is 6.20. The molecule has 0 aromatic heterocycles. The van der Waals surface area contributed by atoms with Crippen molar-refractivity contribution in [1.29, 1.82) is 0 Å². The molecule has 0 fully saturated rings. The fourth-order valence-corrected chi connectivity index (χ4v) is 3.12. The van der Waals surface area contributed by atoms with Crippen LogP contribution in [0.4, 0.5) is 5.69 Å². The van der Waals surface area contributed by atoms with E-state index in [2.05, 4.69) is 31.3 Å². The maximum atomic E-state index is 12.7. The minimum Gasteiger partial charge on any atom is -0.341 e. The Morgan fingerprint density at radius 2 is 1.91 bits per heavy atom. The van der Waals surface area contributed by atoms with E-state index in [1.54, 1.807) is 0 Å². The molecule has 0 unspecified atom stereocenters. The molecule has 23 heavy (non-hydrogen) atoms. The van der Waals surface area contributed by atoms with Crippen LogP contribution in [0, 0.1) is 0 Å². The Morgan fingerprint density at radius 3 is 2.57 bits per heavy atom. The van der Waals surface area contributed by atoms with Crippen molar-refractivity contribution in [2.45, 2.75) is 65.3 Å². The van der Waals surface area contributed by atoms with Gasteiger partial charge in [0.25, 0.3) is 5.91 Å². The van der Waals surface area contributed by atoms with Gasteiger partial charge in [-0.15, -0.1) is 0 Å². The molecule has 4 nitrogen and oxygen atoms in total. The molecule has 4 heteroatoms. The number of carbonyl (C=O) groups excluding carboxylic acids is 2. The van der Waals surface area contributed by atoms with E-state index >= 15 is 0 Å². The number of aryl methyl sites for hydroxylation is 1. The third-order valence-electron chi connectivity index (χ3n) is 4.36. The van der Waals surface area contributed by atoms with Crippen LogP contribution in [0.2, 0.25) is 0 Å². The first-order valence-corrected chi connectivity index (χ1v) is 8.79. The van der Waals surface area contributed by atoms with Crippen molar-refractivity contribution in [3.05, 3.63) is 29.3 Å². The molecule has 0 radical (unpaired) electrons. The number of nitrogens with zero attached hydrogens (tertiary/aromatic N) is 1. The van der Waals surface area contributed by atoms with Gasteiger partial charge in [0.2, 0.25) is 5.91 Å². The lowest BCUT2D eigenvalue weighted by molar-refractivity contribution is -0.126. The third-order valence-corrected chi connectivity index (χ3v) is 4.36. The molecular weight excluding hydrogens is 288 g/mol. The average molecular weight is 316 g/mol. The molecule has 0 saturated carbocycles. The minimum absolute atomic E-state index is 0.000977. The number of benzene rings is 1. The zero-order valence-electron chi connectivity index (χ0n) is 14.5. The zero-order valence-corrected chi connectivity index (χ0v) is 14.5. The number of rotatable bonds is 8. The summed E-state index contributed by atoms with van der Waals surface area (Å²) in [5.41, 5.74) is 3.16. The molecule has 0 spiro atoms. The Balaban J connectivity index is 2.27. The number of amides is 2. The topological polar surface area (TPSA) is 49.4 Å². The second kappa shape index (κ2) is 8.14. The largest absolute Gasteiger partial charge is 0.341 e. The van der Waals surface area contributed by atoms with E-state index in [1.165, 1.54) is 12.5 Å². The number of unbranched alkanes of at least 4 members (excludes halogenated alkanes) is 3. The van der Waals surface area contributed by atoms with E-state index in [1.807, 2.05) is 11.0 Å². The zero-order chi connectivity index (χ0) is 16.8. The molecule has 0 saturated heterocycles. The molecular formula is C19H28N2O2. The normalized spacial score (nSPS) is 16.6. The van der Waals surface area contributed by atoms with E-state index in [-0.39, 0.29) is 11.8 Å². The van der Waals surface area contributed by atoms with Gasteiger partial charge >= 0.3 is 0 Å². The van der Waals surface area contributed by atoms with Gasteiger partial charge in [0, 0.05) is 24.7 Å². The first-order valence-electron chi connectivity index (χ1n) is 8.79. The molecule has 1 aliphatic rings. The van der Waals surface area contributed by atoms with Crippen LogP contribution in [-0.2, 0) is 16.0 Å². The van der Waals surface area contributed by atoms with Gasteiger partial charge in [0.1, 0.15) is 6.04 Å². The smallest absolute Gasteiger partial charge is 0.254 e. The van der Waals surface area contributed by atoms with Crippen molar-refractivity contribution < 1.29 is 9.59 Å². The van der Waals surface area contributed by atoms with Crippen LogP contribution in [0.1, 0.15) is 70.0 Å². The SMILES string of the molecule is CCCCCN1C(=O)[C@H](NC(C)=O)c2cc(CCCC)ccc21. The number of anilines is 1. The van der Waals surface area contributed by atoms with Crippen LogP contribution in [0.15, 0.2) is 18.2 Å². The van der Waals surface area contributed by atoms with Crippen molar-refractivity contribution in [3.63, 3.8) is 0 Å². The quantitative estimate of drug-likeness (QED) is 0.743. The Bertz CT molecular complexity index is 568. The number of hydrogen-bond donors (Lipinski definition) is 1. The molecule has 1 atom stereocenters. The predicted octanol–water partition coefficient (Wildman–Crippen LogP) is 3.74. The fraction of sp³-hybridized carbons (Fsp3) is 0.579. The number of fused-ring (bicyclic) bond motifs is 1. The highest BCUT2D eigenvalue weighted by molar-refractivity contribution is 6.06. The molecule has 2 amide bonds. The summed E-state index contributed by atoms with van der Waals surface area (Å²) in [4.78, 5) is 26.1. The number of carbonyl (C=O) groups is 2. The molecule has 2 rings (SSSR count). The summed E-state index contributed by atoms with van der Waals surface area (Å²) in [5, 5.41) is 2.82. The van der Waals surface area contributed by atoms with Gasteiger partial charge in [-0.25, -0.2) is 0 Å².